The van der Waals surface area contributed by atoms with Crippen molar-refractivity contribution in [2.24, 2.45) is 0 Å². The Balaban J connectivity index is 2.01. The molecule has 0 aliphatic heterocycles. The van der Waals surface area contributed by atoms with Crippen molar-refractivity contribution in [3.05, 3.63) is 28.9 Å². The maximum atomic E-state index is 13.8. The smallest absolute Gasteiger partial charge is 0.327 e. The first-order valence-corrected chi connectivity index (χ1v) is 6.83. The third kappa shape index (κ3) is 2.54. The zero-order chi connectivity index (χ0) is 15.9. The number of ether oxygens (including phenoxy) is 1. The van der Waals surface area contributed by atoms with E-state index in [4.69, 9.17) is 11.6 Å². The molecule has 0 spiro atoms. The lowest BCUT2D eigenvalue weighted by molar-refractivity contribution is -0.141. The number of hydrogen-bond donors (Lipinski definition) is 0. The summed E-state index contributed by atoms with van der Waals surface area (Å²) < 4.78 is 33.5. The van der Waals surface area contributed by atoms with Crippen molar-refractivity contribution in [1.29, 1.82) is 0 Å². The van der Waals surface area contributed by atoms with Crippen LogP contribution in [0.1, 0.15) is 17.7 Å². The van der Waals surface area contributed by atoms with Gasteiger partial charge in [-0.05, 0) is 18.0 Å². The van der Waals surface area contributed by atoms with Gasteiger partial charge in [0.15, 0.2) is 0 Å². The summed E-state index contributed by atoms with van der Waals surface area (Å²) in [5, 5.41) is 3.76. The number of rotatable bonds is 3. The predicted octanol–water partition coefficient (Wildman–Crippen LogP) is 2.20. The van der Waals surface area contributed by atoms with Crippen LogP contribution in [0.3, 0.4) is 0 Å². The Hall–Kier alpha value is -2.09. The normalized spacial score (nSPS) is 15.6. The molecule has 1 aliphatic rings. The van der Waals surface area contributed by atoms with E-state index in [1.54, 1.807) is 0 Å². The highest BCUT2D eigenvalue weighted by Crippen LogP contribution is 2.43. The standard InChI is InChI=1S/C13H11ClF2N4O2/c1-22-9(21)6-20-5-7(4-17-20)10-8-2-3-13(15,16)11(8)19-12(14)18-10/h4-5H,2-3,6H2,1H3. The van der Waals surface area contributed by atoms with Crippen molar-refractivity contribution in [2.75, 3.05) is 7.11 Å². The fourth-order valence-corrected chi connectivity index (χ4v) is 2.57. The summed E-state index contributed by atoms with van der Waals surface area (Å²) in [6.07, 6.45) is 2.82. The summed E-state index contributed by atoms with van der Waals surface area (Å²) in [5.74, 6) is -3.47. The molecular weight excluding hydrogens is 318 g/mol. The molecular formula is C13H11ClF2N4O2. The van der Waals surface area contributed by atoms with Gasteiger partial charge in [0, 0.05) is 23.7 Å². The third-order valence-electron chi connectivity index (χ3n) is 3.44. The van der Waals surface area contributed by atoms with E-state index >= 15 is 0 Å². The maximum Gasteiger partial charge on any atom is 0.327 e. The van der Waals surface area contributed by atoms with Gasteiger partial charge in [-0.15, -0.1) is 0 Å². The fourth-order valence-electron chi connectivity index (χ4n) is 2.40. The van der Waals surface area contributed by atoms with Crippen LogP contribution in [0.4, 0.5) is 8.78 Å². The first kappa shape index (κ1) is 14.8. The second-order valence-corrected chi connectivity index (χ2v) is 5.21. The average Bonchev–Trinajstić information content (AvgIpc) is 3.04. The molecule has 0 radical (unpaired) electrons. The van der Waals surface area contributed by atoms with Gasteiger partial charge < -0.3 is 4.74 Å². The van der Waals surface area contributed by atoms with Crippen LogP contribution in [-0.4, -0.2) is 32.8 Å². The molecule has 0 fully saturated rings. The van der Waals surface area contributed by atoms with E-state index in [9.17, 15) is 13.6 Å². The van der Waals surface area contributed by atoms with Crippen LogP contribution < -0.4 is 0 Å². The number of alkyl halides is 2. The van der Waals surface area contributed by atoms with Crippen molar-refractivity contribution in [1.82, 2.24) is 19.7 Å². The molecule has 3 rings (SSSR count). The van der Waals surface area contributed by atoms with Gasteiger partial charge in [0.05, 0.1) is 19.0 Å². The number of carbonyl (C=O) groups excluding carboxylic acids is 1. The molecule has 2 heterocycles. The van der Waals surface area contributed by atoms with E-state index in [0.717, 1.165) is 0 Å². The molecule has 0 aromatic carbocycles. The third-order valence-corrected chi connectivity index (χ3v) is 3.61. The minimum Gasteiger partial charge on any atom is -0.468 e. The van der Waals surface area contributed by atoms with Gasteiger partial charge in [-0.2, -0.15) is 13.9 Å². The molecule has 9 heteroatoms. The van der Waals surface area contributed by atoms with Crippen LogP contribution >= 0.6 is 11.6 Å². The van der Waals surface area contributed by atoms with Crippen molar-refractivity contribution < 1.29 is 18.3 Å². The molecule has 0 amide bonds. The van der Waals surface area contributed by atoms with Gasteiger partial charge in [-0.3, -0.25) is 9.48 Å². The van der Waals surface area contributed by atoms with Crippen LogP contribution in [0.5, 0.6) is 0 Å². The molecule has 0 N–H and O–H groups in total. The van der Waals surface area contributed by atoms with Gasteiger partial charge >= 0.3 is 5.97 Å². The van der Waals surface area contributed by atoms with E-state index in [2.05, 4.69) is 19.8 Å². The number of nitrogens with zero attached hydrogens (tertiary/aromatic N) is 4. The molecule has 0 unspecified atom stereocenters. The van der Waals surface area contributed by atoms with Gasteiger partial charge in [-0.25, -0.2) is 9.97 Å². The molecule has 0 bridgehead atoms. The Kier molecular flexibility index (Phi) is 3.56. The van der Waals surface area contributed by atoms with Crippen LogP contribution in [0.2, 0.25) is 5.28 Å². The lowest BCUT2D eigenvalue weighted by atomic mass is 10.1. The summed E-state index contributed by atoms with van der Waals surface area (Å²) in [6, 6.07) is 0. The molecule has 1 aliphatic carbocycles. The molecule has 116 valence electrons. The van der Waals surface area contributed by atoms with E-state index in [0.29, 0.717) is 16.8 Å². The van der Waals surface area contributed by atoms with Gasteiger partial charge in [0.25, 0.3) is 5.92 Å². The van der Waals surface area contributed by atoms with E-state index in [-0.39, 0.29) is 30.4 Å². The second kappa shape index (κ2) is 5.28. The minimum absolute atomic E-state index is 0.0757. The van der Waals surface area contributed by atoms with Crippen molar-refractivity contribution in [3.63, 3.8) is 0 Å². The molecule has 22 heavy (non-hydrogen) atoms. The predicted molar refractivity (Wildman–Crippen MR) is 72.5 cm³/mol. The van der Waals surface area contributed by atoms with Crippen LogP contribution in [-0.2, 0) is 28.4 Å². The second-order valence-electron chi connectivity index (χ2n) is 4.88. The molecule has 6 nitrogen and oxygen atoms in total. The van der Waals surface area contributed by atoms with Crippen molar-refractivity contribution in [2.45, 2.75) is 25.3 Å². The average molecular weight is 329 g/mol. The molecule has 2 aromatic heterocycles. The highest BCUT2D eigenvalue weighted by molar-refractivity contribution is 6.28. The number of carbonyl (C=O) groups is 1. The Morgan fingerprint density at radius 1 is 1.50 bits per heavy atom. The Bertz CT molecular complexity index is 748. The number of halogens is 3. The number of aromatic nitrogens is 4. The summed E-state index contributed by atoms with van der Waals surface area (Å²) in [4.78, 5) is 18.9. The quantitative estimate of drug-likeness (QED) is 0.638. The van der Waals surface area contributed by atoms with Crippen molar-refractivity contribution in [3.8, 4) is 11.3 Å². The zero-order valence-electron chi connectivity index (χ0n) is 11.5. The first-order valence-electron chi connectivity index (χ1n) is 6.45. The summed E-state index contributed by atoms with van der Waals surface area (Å²) in [7, 11) is 1.27. The lowest BCUT2D eigenvalue weighted by Gasteiger charge is -2.10. The SMILES string of the molecule is COC(=O)Cn1cc(-c2nc(Cl)nc3c2CCC3(F)F)cn1. The molecule has 2 aromatic rings. The van der Waals surface area contributed by atoms with Crippen molar-refractivity contribution >= 4 is 17.6 Å². The fraction of sp³-hybridized carbons (Fsp3) is 0.385. The number of fused-ring (bicyclic) bond motifs is 1. The van der Waals surface area contributed by atoms with Gasteiger partial charge in [0.1, 0.15) is 12.2 Å². The van der Waals surface area contributed by atoms with Crippen LogP contribution in [0, 0.1) is 0 Å². The molecule has 0 saturated carbocycles. The highest BCUT2D eigenvalue weighted by Gasteiger charge is 2.43. The number of esters is 1. The highest BCUT2D eigenvalue weighted by atomic mass is 35.5. The lowest BCUT2D eigenvalue weighted by Crippen LogP contribution is -2.11. The first-order chi connectivity index (χ1) is 10.4. The summed E-state index contributed by atoms with van der Waals surface area (Å²) in [6.45, 7) is -0.0757. The van der Waals surface area contributed by atoms with E-state index in [1.807, 2.05) is 0 Å². The Morgan fingerprint density at radius 3 is 3.00 bits per heavy atom. The van der Waals surface area contributed by atoms with E-state index < -0.39 is 11.9 Å². The molecule has 0 atom stereocenters. The van der Waals surface area contributed by atoms with Crippen LogP contribution in [0.25, 0.3) is 11.3 Å². The zero-order valence-corrected chi connectivity index (χ0v) is 12.3. The largest absolute Gasteiger partial charge is 0.468 e. The summed E-state index contributed by atoms with van der Waals surface area (Å²) >= 11 is 5.76. The number of hydrogen-bond acceptors (Lipinski definition) is 5. The molecule has 0 saturated heterocycles. The van der Waals surface area contributed by atoms with E-state index in [1.165, 1.54) is 24.2 Å². The summed E-state index contributed by atoms with van der Waals surface area (Å²) in [5.41, 5.74) is 0.862. The minimum atomic E-state index is -3.00. The Labute approximate surface area is 129 Å². The number of methoxy groups -OCH3 is 1. The topological polar surface area (TPSA) is 69.9 Å². The van der Waals surface area contributed by atoms with Crippen LogP contribution in [0.15, 0.2) is 12.4 Å². The van der Waals surface area contributed by atoms with Gasteiger partial charge in [-0.1, -0.05) is 0 Å². The Morgan fingerprint density at radius 2 is 2.27 bits per heavy atom. The monoisotopic (exact) mass is 328 g/mol. The van der Waals surface area contributed by atoms with Gasteiger partial charge in [0.2, 0.25) is 5.28 Å². The maximum absolute atomic E-state index is 13.8.